The third-order valence-corrected chi connectivity index (χ3v) is 3.89. The molecule has 1 aromatic carbocycles. The van der Waals surface area contributed by atoms with E-state index in [9.17, 15) is 0 Å². The summed E-state index contributed by atoms with van der Waals surface area (Å²) in [5.41, 5.74) is 1.03. The van der Waals surface area contributed by atoms with Crippen LogP contribution in [0.2, 0.25) is 0 Å². The Bertz CT molecular complexity index is 573. The number of rotatable bonds is 13. The zero-order valence-electron chi connectivity index (χ0n) is 17.5. The van der Waals surface area contributed by atoms with Crippen molar-refractivity contribution in [3.05, 3.63) is 17.7 Å². The molecular formula is C19H34IN3O5. The molecule has 0 aliphatic rings. The summed E-state index contributed by atoms with van der Waals surface area (Å²) in [4.78, 5) is 4.23. The highest BCUT2D eigenvalue weighted by molar-refractivity contribution is 14.0. The third kappa shape index (κ3) is 9.16. The van der Waals surface area contributed by atoms with Crippen molar-refractivity contribution in [3.8, 4) is 17.2 Å². The SMILES string of the molecule is CN=C(NCCCOCCOC)NCCc1ccc(OC)c(OC)c1OC.I. The fourth-order valence-electron chi connectivity index (χ4n) is 2.52. The lowest BCUT2D eigenvalue weighted by Crippen LogP contribution is -2.39. The van der Waals surface area contributed by atoms with Gasteiger partial charge in [0, 0.05) is 39.4 Å². The summed E-state index contributed by atoms with van der Waals surface area (Å²) in [6.45, 7) is 3.42. The monoisotopic (exact) mass is 511 g/mol. The van der Waals surface area contributed by atoms with Gasteiger partial charge in [-0.25, -0.2) is 0 Å². The third-order valence-electron chi connectivity index (χ3n) is 3.89. The molecule has 1 aromatic rings. The normalized spacial score (nSPS) is 10.8. The van der Waals surface area contributed by atoms with Crippen molar-refractivity contribution < 1.29 is 23.7 Å². The Balaban J connectivity index is 0.00000729. The largest absolute Gasteiger partial charge is 0.493 e. The molecule has 0 aliphatic carbocycles. The Labute approximate surface area is 185 Å². The van der Waals surface area contributed by atoms with Crippen molar-refractivity contribution in [2.24, 2.45) is 4.99 Å². The molecule has 8 nitrogen and oxygen atoms in total. The first-order valence-electron chi connectivity index (χ1n) is 9.00. The molecule has 0 amide bonds. The second-order valence-corrected chi connectivity index (χ2v) is 5.63. The lowest BCUT2D eigenvalue weighted by Gasteiger charge is -2.16. The Morgan fingerprint density at radius 3 is 2.21 bits per heavy atom. The van der Waals surface area contributed by atoms with Gasteiger partial charge in [0.05, 0.1) is 34.5 Å². The molecule has 0 heterocycles. The average Bonchev–Trinajstić information content (AvgIpc) is 2.70. The molecule has 0 saturated carbocycles. The van der Waals surface area contributed by atoms with E-state index in [2.05, 4.69) is 15.6 Å². The van der Waals surface area contributed by atoms with Crippen molar-refractivity contribution in [1.82, 2.24) is 10.6 Å². The number of halogens is 1. The first-order valence-corrected chi connectivity index (χ1v) is 9.00. The summed E-state index contributed by atoms with van der Waals surface area (Å²) in [6.07, 6.45) is 1.65. The number of hydrogen-bond acceptors (Lipinski definition) is 6. The first kappa shape index (κ1) is 26.5. The standard InChI is InChI=1S/C19H33N3O5.HI/c1-20-19(21-10-6-12-27-14-13-23-2)22-11-9-15-7-8-16(24-3)18(26-5)17(15)25-4;/h7-8H,6,9-14H2,1-5H3,(H2,20,21,22);1H. The number of benzene rings is 1. The molecular weight excluding hydrogens is 477 g/mol. The van der Waals surface area contributed by atoms with Gasteiger partial charge in [0.15, 0.2) is 17.5 Å². The van der Waals surface area contributed by atoms with Crippen molar-refractivity contribution in [2.45, 2.75) is 12.8 Å². The summed E-state index contributed by atoms with van der Waals surface area (Å²) in [7, 11) is 8.26. The van der Waals surface area contributed by atoms with Gasteiger partial charge in [0.25, 0.3) is 0 Å². The molecule has 0 atom stereocenters. The summed E-state index contributed by atoms with van der Waals surface area (Å²) >= 11 is 0. The Kier molecular flexibility index (Phi) is 15.6. The van der Waals surface area contributed by atoms with E-state index in [1.165, 1.54) is 0 Å². The number of nitrogens with one attached hydrogen (secondary N) is 2. The van der Waals surface area contributed by atoms with Gasteiger partial charge < -0.3 is 34.3 Å². The molecule has 162 valence electrons. The maximum atomic E-state index is 5.51. The minimum absolute atomic E-state index is 0. The van der Waals surface area contributed by atoms with Crippen LogP contribution < -0.4 is 24.8 Å². The Hall–Kier alpha value is -1.46. The molecule has 9 heteroatoms. The van der Waals surface area contributed by atoms with E-state index < -0.39 is 0 Å². The van der Waals surface area contributed by atoms with E-state index in [-0.39, 0.29) is 24.0 Å². The van der Waals surface area contributed by atoms with Crippen LogP contribution >= 0.6 is 24.0 Å². The molecule has 28 heavy (non-hydrogen) atoms. The molecule has 0 radical (unpaired) electrons. The number of nitrogens with zero attached hydrogens (tertiary/aromatic N) is 1. The second-order valence-electron chi connectivity index (χ2n) is 5.63. The number of aliphatic imine (C=N–C) groups is 1. The van der Waals surface area contributed by atoms with Gasteiger partial charge in [0.1, 0.15) is 0 Å². The molecule has 1 rings (SSSR count). The lowest BCUT2D eigenvalue weighted by atomic mass is 10.1. The van der Waals surface area contributed by atoms with Gasteiger partial charge in [0.2, 0.25) is 5.75 Å². The van der Waals surface area contributed by atoms with Gasteiger partial charge in [-0.15, -0.1) is 24.0 Å². The van der Waals surface area contributed by atoms with Crippen molar-refractivity contribution in [3.63, 3.8) is 0 Å². The first-order chi connectivity index (χ1) is 13.2. The smallest absolute Gasteiger partial charge is 0.203 e. The zero-order chi connectivity index (χ0) is 19.9. The lowest BCUT2D eigenvalue weighted by molar-refractivity contribution is 0.0698. The minimum Gasteiger partial charge on any atom is -0.493 e. The van der Waals surface area contributed by atoms with E-state index in [0.717, 1.165) is 30.9 Å². The van der Waals surface area contributed by atoms with E-state index in [1.54, 1.807) is 35.5 Å². The Morgan fingerprint density at radius 2 is 1.61 bits per heavy atom. The predicted molar refractivity (Wildman–Crippen MR) is 122 cm³/mol. The highest BCUT2D eigenvalue weighted by Crippen LogP contribution is 2.39. The fraction of sp³-hybridized carbons (Fsp3) is 0.632. The zero-order valence-corrected chi connectivity index (χ0v) is 19.8. The van der Waals surface area contributed by atoms with Gasteiger partial charge >= 0.3 is 0 Å². The van der Waals surface area contributed by atoms with Gasteiger partial charge in [-0.1, -0.05) is 6.07 Å². The molecule has 0 aromatic heterocycles. The summed E-state index contributed by atoms with van der Waals surface area (Å²) in [5.74, 6) is 2.70. The quantitative estimate of drug-likeness (QED) is 0.182. The fourth-order valence-corrected chi connectivity index (χ4v) is 2.52. The summed E-state index contributed by atoms with van der Waals surface area (Å²) < 4.78 is 26.6. The number of hydrogen-bond donors (Lipinski definition) is 2. The number of guanidine groups is 1. The highest BCUT2D eigenvalue weighted by atomic mass is 127. The maximum Gasteiger partial charge on any atom is 0.203 e. The molecule has 0 unspecified atom stereocenters. The van der Waals surface area contributed by atoms with E-state index >= 15 is 0 Å². The molecule has 0 bridgehead atoms. The van der Waals surface area contributed by atoms with Crippen LogP contribution in [-0.2, 0) is 15.9 Å². The molecule has 2 N–H and O–H groups in total. The van der Waals surface area contributed by atoms with Gasteiger partial charge in [-0.2, -0.15) is 0 Å². The van der Waals surface area contributed by atoms with Crippen LogP contribution in [0.25, 0.3) is 0 Å². The second kappa shape index (κ2) is 16.5. The average molecular weight is 511 g/mol. The van der Waals surface area contributed by atoms with Crippen LogP contribution in [0.15, 0.2) is 17.1 Å². The number of ether oxygens (including phenoxy) is 5. The molecule has 0 aliphatic heterocycles. The molecule has 0 fully saturated rings. The Morgan fingerprint density at radius 1 is 0.893 bits per heavy atom. The number of methoxy groups -OCH3 is 4. The van der Waals surface area contributed by atoms with Gasteiger partial charge in [-0.05, 0) is 18.9 Å². The summed E-state index contributed by atoms with van der Waals surface area (Å²) in [5, 5.41) is 6.56. The van der Waals surface area contributed by atoms with Crippen molar-refractivity contribution >= 4 is 29.9 Å². The van der Waals surface area contributed by atoms with E-state index in [0.29, 0.717) is 43.6 Å². The van der Waals surface area contributed by atoms with Crippen LogP contribution in [0.1, 0.15) is 12.0 Å². The highest BCUT2D eigenvalue weighted by Gasteiger charge is 2.15. The van der Waals surface area contributed by atoms with Crippen LogP contribution in [0.5, 0.6) is 17.2 Å². The maximum absolute atomic E-state index is 5.51. The van der Waals surface area contributed by atoms with Crippen LogP contribution in [0.3, 0.4) is 0 Å². The van der Waals surface area contributed by atoms with Crippen LogP contribution in [0, 0.1) is 0 Å². The van der Waals surface area contributed by atoms with Crippen molar-refractivity contribution in [2.75, 3.05) is 68.4 Å². The van der Waals surface area contributed by atoms with E-state index in [1.807, 2.05) is 12.1 Å². The van der Waals surface area contributed by atoms with Crippen LogP contribution in [-0.4, -0.2) is 74.4 Å². The van der Waals surface area contributed by atoms with E-state index in [4.69, 9.17) is 23.7 Å². The minimum atomic E-state index is 0. The van der Waals surface area contributed by atoms with Gasteiger partial charge in [-0.3, -0.25) is 4.99 Å². The van der Waals surface area contributed by atoms with Crippen molar-refractivity contribution in [1.29, 1.82) is 0 Å². The van der Waals surface area contributed by atoms with Crippen LogP contribution in [0.4, 0.5) is 0 Å². The summed E-state index contributed by atoms with van der Waals surface area (Å²) in [6, 6.07) is 3.86. The molecule has 0 spiro atoms. The topological polar surface area (TPSA) is 82.6 Å². The molecule has 0 saturated heterocycles. The predicted octanol–water partition coefficient (Wildman–Crippen LogP) is 2.09.